The van der Waals surface area contributed by atoms with Gasteiger partial charge in [0.2, 0.25) is 5.89 Å². The minimum absolute atomic E-state index is 0.562. The molecule has 6 nitrogen and oxygen atoms in total. The molecule has 0 saturated heterocycles. The molecule has 0 fully saturated rings. The van der Waals surface area contributed by atoms with Crippen LogP contribution in [-0.2, 0) is 19.5 Å². The van der Waals surface area contributed by atoms with Gasteiger partial charge in [-0.2, -0.15) is 10.1 Å². The Morgan fingerprint density at radius 3 is 2.75 bits per heavy atom. The normalized spacial score (nSPS) is 11.2. The van der Waals surface area contributed by atoms with Crippen LogP contribution in [0.4, 0.5) is 0 Å². The maximum atomic E-state index is 5.20. The SMILES string of the molecule is CCCc1nc(Cn2nc(C)c(CNCC)c2C)no1. The predicted octanol–water partition coefficient (Wildman–Crippen LogP) is 1.99. The number of aromatic nitrogens is 4. The molecule has 0 radical (unpaired) electrons. The van der Waals surface area contributed by atoms with E-state index in [4.69, 9.17) is 4.52 Å². The number of rotatable bonds is 7. The molecule has 2 rings (SSSR count). The molecular formula is C14H23N5O. The van der Waals surface area contributed by atoms with Gasteiger partial charge in [0.1, 0.15) is 6.54 Å². The van der Waals surface area contributed by atoms with Gasteiger partial charge in [0.25, 0.3) is 0 Å². The summed E-state index contributed by atoms with van der Waals surface area (Å²) in [7, 11) is 0. The van der Waals surface area contributed by atoms with Crippen LogP contribution < -0.4 is 5.32 Å². The quantitative estimate of drug-likeness (QED) is 0.838. The first kappa shape index (κ1) is 14.7. The highest BCUT2D eigenvalue weighted by atomic mass is 16.5. The van der Waals surface area contributed by atoms with Crippen LogP contribution in [-0.4, -0.2) is 26.5 Å². The van der Waals surface area contributed by atoms with Crippen LogP contribution in [0, 0.1) is 13.8 Å². The van der Waals surface area contributed by atoms with Crippen LogP contribution in [0.25, 0.3) is 0 Å². The lowest BCUT2D eigenvalue weighted by molar-refractivity contribution is 0.370. The summed E-state index contributed by atoms with van der Waals surface area (Å²) in [6.45, 7) is 10.7. The average Bonchev–Trinajstić information content (AvgIpc) is 2.95. The van der Waals surface area contributed by atoms with Gasteiger partial charge in [-0.25, -0.2) is 0 Å². The standard InChI is InChI=1S/C14H23N5O/c1-5-7-14-16-13(18-20-14)9-19-11(4)12(8-15-6-2)10(3)17-19/h15H,5-9H2,1-4H3. The molecule has 2 heterocycles. The number of nitrogens with one attached hydrogen (secondary N) is 1. The fraction of sp³-hybridized carbons (Fsp3) is 0.643. The van der Waals surface area contributed by atoms with Gasteiger partial charge in [-0.05, 0) is 26.8 Å². The third-order valence-corrected chi connectivity index (χ3v) is 3.35. The highest BCUT2D eigenvalue weighted by Gasteiger charge is 2.13. The summed E-state index contributed by atoms with van der Waals surface area (Å²) in [5.74, 6) is 1.39. The zero-order valence-electron chi connectivity index (χ0n) is 12.7. The number of aryl methyl sites for hydroxylation is 2. The summed E-state index contributed by atoms with van der Waals surface area (Å²) in [5, 5.41) is 11.9. The summed E-state index contributed by atoms with van der Waals surface area (Å²) in [5.41, 5.74) is 3.47. The molecule has 0 bridgehead atoms. The first-order valence-corrected chi connectivity index (χ1v) is 7.20. The third kappa shape index (κ3) is 3.25. The first-order valence-electron chi connectivity index (χ1n) is 7.20. The maximum absolute atomic E-state index is 5.20. The van der Waals surface area contributed by atoms with E-state index in [9.17, 15) is 0 Å². The van der Waals surface area contributed by atoms with E-state index in [2.05, 4.69) is 41.3 Å². The monoisotopic (exact) mass is 277 g/mol. The second kappa shape index (κ2) is 6.65. The fourth-order valence-corrected chi connectivity index (χ4v) is 2.20. The Bertz CT molecular complexity index is 558. The van der Waals surface area contributed by atoms with Crippen molar-refractivity contribution >= 4 is 0 Å². The zero-order chi connectivity index (χ0) is 14.5. The number of hydrogen-bond acceptors (Lipinski definition) is 5. The van der Waals surface area contributed by atoms with Crippen molar-refractivity contribution in [3.05, 3.63) is 28.7 Å². The molecule has 6 heteroatoms. The van der Waals surface area contributed by atoms with Crippen molar-refractivity contribution in [1.82, 2.24) is 25.2 Å². The molecule has 1 N–H and O–H groups in total. The summed E-state index contributed by atoms with van der Waals surface area (Å²) in [4.78, 5) is 4.38. The first-order chi connectivity index (χ1) is 9.65. The smallest absolute Gasteiger partial charge is 0.226 e. The molecule has 0 aliphatic rings. The lowest BCUT2D eigenvalue weighted by atomic mass is 10.2. The van der Waals surface area contributed by atoms with Gasteiger partial charge in [-0.3, -0.25) is 4.68 Å². The average molecular weight is 277 g/mol. The van der Waals surface area contributed by atoms with Gasteiger partial charge in [0, 0.05) is 24.2 Å². The van der Waals surface area contributed by atoms with Gasteiger partial charge in [-0.15, -0.1) is 0 Å². The number of hydrogen-bond donors (Lipinski definition) is 1. The molecule has 20 heavy (non-hydrogen) atoms. The highest BCUT2D eigenvalue weighted by molar-refractivity contribution is 5.24. The molecule has 0 atom stereocenters. The Kier molecular flexibility index (Phi) is 4.89. The second-order valence-electron chi connectivity index (χ2n) is 4.94. The van der Waals surface area contributed by atoms with Crippen molar-refractivity contribution in [2.24, 2.45) is 0 Å². The van der Waals surface area contributed by atoms with Crippen molar-refractivity contribution in [2.75, 3.05) is 6.54 Å². The van der Waals surface area contributed by atoms with E-state index in [0.29, 0.717) is 18.3 Å². The predicted molar refractivity (Wildman–Crippen MR) is 76.5 cm³/mol. The molecule has 2 aromatic rings. The van der Waals surface area contributed by atoms with E-state index >= 15 is 0 Å². The molecule has 0 aliphatic carbocycles. The van der Waals surface area contributed by atoms with Crippen LogP contribution in [0.3, 0.4) is 0 Å². The van der Waals surface area contributed by atoms with Gasteiger partial charge in [0.05, 0.1) is 5.69 Å². The van der Waals surface area contributed by atoms with E-state index in [1.165, 1.54) is 5.56 Å². The summed E-state index contributed by atoms with van der Waals surface area (Å²) in [6, 6.07) is 0. The zero-order valence-corrected chi connectivity index (χ0v) is 12.7. The molecule has 0 amide bonds. The highest BCUT2D eigenvalue weighted by Crippen LogP contribution is 2.14. The van der Waals surface area contributed by atoms with E-state index in [0.717, 1.165) is 37.3 Å². The molecule has 0 spiro atoms. The Morgan fingerprint density at radius 2 is 2.05 bits per heavy atom. The van der Waals surface area contributed by atoms with E-state index < -0.39 is 0 Å². The Hall–Kier alpha value is -1.69. The summed E-state index contributed by atoms with van der Waals surface area (Å²) < 4.78 is 7.15. The van der Waals surface area contributed by atoms with Crippen molar-refractivity contribution in [3.63, 3.8) is 0 Å². The van der Waals surface area contributed by atoms with Gasteiger partial charge < -0.3 is 9.84 Å². The van der Waals surface area contributed by atoms with E-state index in [1.54, 1.807) is 0 Å². The Balaban J connectivity index is 2.12. The third-order valence-electron chi connectivity index (χ3n) is 3.35. The van der Waals surface area contributed by atoms with Crippen molar-refractivity contribution in [1.29, 1.82) is 0 Å². The molecular weight excluding hydrogens is 254 g/mol. The van der Waals surface area contributed by atoms with Crippen LogP contribution in [0.15, 0.2) is 4.52 Å². The second-order valence-corrected chi connectivity index (χ2v) is 4.94. The van der Waals surface area contributed by atoms with Crippen molar-refractivity contribution < 1.29 is 4.52 Å². The Morgan fingerprint density at radius 1 is 1.25 bits per heavy atom. The largest absolute Gasteiger partial charge is 0.339 e. The van der Waals surface area contributed by atoms with Crippen LogP contribution in [0.1, 0.15) is 48.9 Å². The van der Waals surface area contributed by atoms with E-state index in [1.807, 2.05) is 11.6 Å². The lowest BCUT2D eigenvalue weighted by Gasteiger charge is -2.03. The van der Waals surface area contributed by atoms with Crippen LogP contribution in [0.5, 0.6) is 0 Å². The minimum atomic E-state index is 0.562. The summed E-state index contributed by atoms with van der Waals surface area (Å²) in [6.07, 6.45) is 1.84. The molecule has 0 aliphatic heterocycles. The molecule has 0 unspecified atom stereocenters. The number of nitrogens with zero attached hydrogens (tertiary/aromatic N) is 4. The fourth-order valence-electron chi connectivity index (χ4n) is 2.20. The van der Waals surface area contributed by atoms with Crippen LogP contribution in [0.2, 0.25) is 0 Å². The molecule has 110 valence electrons. The molecule has 0 aromatic carbocycles. The summed E-state index contributed by atoms with van der Waals surface area (Å²) >= 11 is 0. The minimum Gasteiger partial charge on any atom is -0.339 e. The van der Waals surface area contributed by atoms with Crippen molar-refractivity contribution in [2.45, 2.75) is 53.6 Å². The molecule has 2 aromatic heterocycles. The topological polar surface area (TPSA) is 68.8 Å². The Labute approximate surface area is 119 Å². The maximum Gasteiger partial charge on any atom is 0.226 e. The van der Waals surface area contributed by atoms with Crippen LogP contribution >= 0.6 is 0 Å². The van der Waals surface area contributed by atoms with Gasteiger partial charge in [0.15, 0.2) is 5.82 Å². The molecule has 0 saturated carbocycles. The van der Waals surface area contributed by atoms with Gasteiger partial charge >= 0.3 is 0 Å². The lowest BCUT2D eigenvalue weighted by Crippen LogP contribution is -2.13. The van der Waals surface area contributed by atoms with Gasteiger partial charge in [-0.1, -0.05) is 19.0 Å². The van der Waals surface area contributed by atoms with Crippen molar-refractivity contribution in [3.8, 4) is 0 Å². The van der Waals surface area contributed by atoms with E-state index in [-0.39, 0.29) is 0 Å².